The predicted molar refractivity (Wildman–Crippen MR) is 106 cm³/mol. The Labute approximate surface area is 151 Å². The zero-order chi connectivity index (χ0) is 16.2. The summed E-state index contributed by atoms with van der Waals surface area (Å²) in [5, 5.41) is 5.59. The number of rotatable bonds is 7. The molecule has 3 aromatic rings. The van der Waals surface area contributed by atoms with Gasteiger partial charge in [0.2, 0.25) is 0 Å². The minimum Gasteiger partial charge on any atom is -0.283 e. The lowest BCUT2D eigenvalue weighted by molar-refractivity contribution is 0.673. The Morgan fingerprint density at radius 2 is 2.26 bits per heavy atom. The van der Waals surface area contributed by atoms with Crippen LogP contribution in [0.5, 0.6) is 0 Å². The van der Waals surface area contributed by atoms with Gasteiger partial charge in [0, 0.05) is 33.9 Å². The maximum atomic E-state index is 13.0. The molecule has 120 valence electrons. The van der Waals surface area contributed by atoms with E-state index in [1.807, 2.05) is 22.9 Å². The molecule has 3 heterocycles. The van der Waals surface area contributed by atoms with E-state index in [4.69, 9.17) is 4.98 Å². The number of fused-ring (bicyclic) bond motifs is 1. The highest BCUT2D eigenvalue weighted by Crippen LogP contribution is 2.34. The van der Waals surface area contributed by atoms with E-state index in [2.05, 4.69) is 12.8 Å². The number of allylic oxidation sites excluding steroid dienone is 1. The highest BCUT2D eigenvalue weighted by molar-refractivity contribution is 8.02. The topological polar surface area (TPSA) is 34.9 Å². The Morgan fingerprint density at radius 3 is 2.96 bits per heavy atom. The molecular weight excluding hydrogens is 364 g/mol. The van der Waals surface area contributed by atoms with Gasteiger partial charge in [-0.1, -0.05) is 23.9 Å². The molecule has 3 nitrogen and oxygen atoms in total. The number of aromatic nitrogens is 2. The second-order valence-corrected chi connectivity index (χ2v) is 8.60. The minimum atomic E-state index is 0.0335. The van der Waals surface area contributed by atoms with Crippen molar-refractivity contribution in [2.24, 2.45) is 0 Å². The van der Waals surface area contributed by atoms with Crippen LogP contribution in [-0.2, 0) is 6.54 Å². The van der Waals surface area contributed by atoms with E-state index in [1.165, 1.54) is 0 Å². The molecule has 3 rings (SSSR count). The summed E-state index contributed by atoms with van der Waals surface area (Å²) < 4.78 is 1.74. The average molecular weight is 381 g/mol. The molecule has 0 bridgehead atoms. The smallest absolute Gasteiger partial charge is 0.263 e. The molecule has 0 atom stereocenters. The molecule has 23 heavy (non-hydrogen) atoms. The summed E-state index contributed by atoms with van der Waals surface area (Å²) in [7, 11) is 0. The van der Waals surface area contributed by atoms with Crippen molar-refractivity contribution in [1.29, 1.82) is 0 Å². The third-order valence-electron chi connectivity index (χ3n) is 3.28. The first-order valence-corrected chi connectivity index (χ1v) is 11.2. The van der Waals surface area contributed by atoms with E-state index in [1.54, 1.807) is 56.8 Å². The van der Waals surface area contributed by atoms with E-state index in [0.717, 1.165) is 37.3 Å². The van der Waals surface area contributed by atoms with Gasteiger partial charge >= 0.3 is 0 Å². The standard InChI is InChI=1S/C16H16N2OS4/c1-3-6-18-15(19)13-11(12-5-4-7-21-12)10-23-14(13)17-16(18)22-9-8-20-2/h3-5,7,10H,1,6,8-9H2,2H3. The molecule has 0 aromatic carbocycles. The lowest BCUT2D eigenvalue weighted by atomic mass is 10.2. The van der Waals surface area contributed by atoms with Crippen LogP contribution in [0.15, 0.2) is 45.5 Å². The van der Waals surface area contributed by atoms with Gasteiger partial charge in [0.15, 0.2) is 5.16 Å². The SMILES string of the molecule is C=CCn1c(SCCSC)nc2scc(-c3cccs3)c2c1=O. The van der Waals surface area contributed by atoms with Crippen molar-refractivity contribution in [2.45, 2.75) is 11.7 Å². The predicted octanol–water partition coefficient (Wildman–Crippen LogP) is 4.83. The number of thiophene rings is 2. The van der Waals surface area contributed by atoms with Crippen molar-refractivity contribution < 1.29 is 0 Å². The fraction of sp³-hybridized carbons (Fsp3) is 0.250. The maximum absolute atomic E-state index is 13.0. The van der Waals surface area contributed by atoms with E-state index >= 15 is 0 Å². The Balaban J connectivity index is 2.14. The van der Waals surface area contributed by atoms with E-state index < -0.39 is 0 Å². The van der Waals surface area contributed by atoms with Crippen LogP contribution >= 0.6 is 46.2 Å². The normalized spacial score (nSPS) is 11.2. The number of hydrogen-bond acceptors (Lipinski definition) is 6. The first-order chi connectivity index (χ1) is 11.3. The highest BCUT2D eigenvalue weighted by atomic mass is 32.2. The first-order valence-electron chi connectivity index (χ1n) is 7.04. The van der Waals surface area contributed by atoms with Gasteiger partial charge in [-0.25, -0.2) is 4.98 Å². The van der Waals surface area contributed by atoms with Crippen LogP contribution in [-0.4, -0.2) is 27.3 Å². The van der Waals surface area contributed by atoms with E-state index in [0.29, 0.717) is 6.54 Å². The summed E-state index contributed by atoms with van der Waals surface area (Å²) in [6, 6.07) is 4.05. The van der Waals surface area contributed by atoms with Crippen molar-refractivity contribution in [1.82, 2.24) is 9.55 Å². The largest absolute Gasteiger partial charge is 0.283 e. The molecule has 0 unspecified atom stereocenters. The lowest BCUT2D eigenvalue weighted by Crippen LogP contribution is -2.22. The van der Waals surface area contributed by atoms with Gasteiger partial charge in [0.05, 0.1) is 5.39 Å². The lowest BCUT2D eigenvalue weighted by Gasteiger charge is -2.10. The Morgan fingerprint density at radius 1 is 1.39 bits per heavy atom. The monoisotopic (exact) mass is 380 g/mol. The van der Waals surface area contributed by atoms with Gasteiger partial charge in [-0.2, -0.15) is 11.8 Å². The number of nitrogens with zero attached hydrogens (tertiary/aromatic N) is 2. The van der Waals surface area contributed by atoms with Crippen molar-refractivity contribution in [3.05, 3.63) is 45.9 Å². The van der Waals surface area contributed by atoms with Crippen LogP contribution in [0.3, 0.4) is 0 Å². The molecule has 0 aliphatic rings. The molecule has 0 aliphatic heterocycles. The molecule has 0 spiro atoms. The number of thioether (sulfide) groups is 2. The maximum Gasteiger partial charge on any atom is 0.263 e. The van der Waals surface area contributed by atoms with Crippen LogP contribution in [0.4, 0.5) is 0 Å². The van der Waals surface area contributed by atoms with E-state index in [-0.39, 0.29) is 5.56 Å². The second kappa shape index (κ2) is 7.70. The van der Waals surface area contributed by atoms with Crippen molar-refractivity contribution >= 4 is 56.4 Å². The Kier molecular flexibility index (Phi) is 5.63. The summed E-state index contributed by atoms with van der Waals surface area (Å²) in [5.41, 5.74) is 1.03. The van der Waals surface area contributed by atoms with Crippen molar-refractivity contribution in [3.8, 4) is 10.4 Å². The Hall–Kier alpha value is -1.02. The summed E-state index contributed by atoms with van der Waals surface area (Å²) in [6.45, 7) is 4.27. The summed E-state index contributed by atoms with van der Waals surface area (Å²) in [5.74, 6) is 1.98. The zero-order valence-corrected chi connectivity index (χ0v) is 15.9. The average Bonchev–Trinajstić information content (AvgIpc) is 3.20. The van der Waals surface area contributed by atoms with Gasteiger partial charge in [-0.05, 0) is 17.7 Å². The molecule has 0 aliphatic carbocycles. The molecule has 7 heteroatoms. The van der Waals surface area contributed by atoms with Gasteiger partial charge in [0.25, 0.3) is 5.56 Å². The van der Waals surface area contributed by atoms with Gasteiger partial charge in [-0.15, -0.1) is 29.3 Å². The molecule has 0 radical (unpaired) electrons. The molecule has 0 amide bonds. The van der Waals surface area contributed by atoms with Gasteiger partial charge in [0.1, 0.15) is 4.83 Å². The second-order valence-electron chi connectivity index (χ2n) is 4.75. The van der Waals surface area contributed by atoms with Crippen molar-refractivity contribution in [3.63, 3.8) is 0 Å². The van der Waals surface area contributed by atoms with E-state index in [9.17, 15) is 4.79 Å². The molecule has 0 fully saturated rings. The van der Waals surface area contributed by atoms with Crippen LogP contribution in [0.25, 0.3) is 20.7 Å². The minimum absolute atomic E-state index is 0.0335. The van der Waals surface area contributed by atoms with Crippen LogP contribution in [0.1, 0.15) is 0 Å². The van der Waals surface area contributed by atoms with Gasteiger partial charge < -0.3 is 0 Å². The third-order valence-corrected chi connectivity index (χ3v) is 6.90. The fourth-order valence-corrected chi connectivity index (χ4v) is 5.70. The van der Waals surface area contributed by atoms with Crippen LogP contribution in [0, 0.1) is 0 Å². The molecule has 3 aromatic heterocycles. The fourth-order valence-electron chi connectivity index (χ4n) is 2.24. The van der Waals surface area contributed by atoms with Crippen LogP contribution < -0.4 is 5.56 Å². The van der Waals surface area contributed by atoms with Crippen molar-refractivity contribution in [2.75, 3.05) is 17.8 Å². The van der Waals surface area contributed by atoms with Gasteiger partial charge in [-0.3, -0.25) is 9.36 Å². The Bertz CT molecular complexity index is 864. The summed E-state index contributed by atoms with van der Waals surface area (Å²) in [6.07, 6.45) is 3.84. The molecule has 0 N–H and O–H groups in total. The molecule has 0 saturated carbocycles. The summed E-state index contributed by atoms with van der Waals surface area (Å²) >= 11 is 6.63. The zero-order valence-electron chi connectivity index (χ0n) is 12.7. The van der Waals surface area contributed by atoms with Crippen LogP contribution in [0.2, 0.25) is 0 Å². The third kappa shape index (κ3) is 3.42. The molecule has 0 saturated heterocycles. The summed E-state index contributed by atoms with van der Waals surface area (Å²) in [4.78, 5) is 19.7. The first kappa shape index (κ1) is 16.8. The highest BCUT2D eigenvalue weighted by Gasteiger charge is 2.17. The number of hydrogen-bond donors (Lipinski definition) is 0. The molecular formula is C16H16N2OS4. The quantitative estimate of drug-likeness (QED) is 0.255.